The van der Waals surface area contributed by atoms with Crippen molar-refractivity contribution in [1.82, 2.24) is 19.8 Å². The highest BCUT2D eigenvalue weighted by molar-refractivity contribution is 4.95. The molecule has 1 saturated carbocycles. The van der Waals surface area contributed by atoms with E-state index < -0.39 is 0 Å². The molecule has 1 aromatic heterocycles. The fraction of sp³-hybridized carbons (Fsp3) is 0.786. The van der Waals surface area contributed by atoms with Gasteiger partial charge in [0.15, 0.2) is 0 Å². The SMILES string of the molecule is Cn1ccnc1CN(CC1CCCNC1)C1CC1. The second-order valence-electron chi connectivity index (χ2n) is 5.83. The summed E-state index contributed by atoms with van der Waals surface area (Å²) in [5.41, 5.74) is 0. The highest BCUT2D eigenvalue weighted by Gasteiger charge is 2.31. The molecule has 3 rings (SSSR count). The summed E-state index contributed by atoms with van der Waals surface area (Å²) in [7, 11) is 2.09. The smallest absolute Gasteiger partial charge is 0.122 e. The Morgan fingerprint density at radius 3 is 2.94 bits per heavy atom. The molecule has 100 valence electrons. The molecular weight excluding hydrogens is 224 g/mol. The number of aromatic nitrogens is 2. The summed E-state index contributed by atoms with van der Waals surface area (Å²) >= 11 is 0. The van der Waals surface area contributed by atoms with Crippen molar-refractivity contribution in [1.29, 1.82) is 0 Å². The van der Waals surface area contributed by atoms with Gasteiger partial charge in [0.1, 0.15) is 5.82 Å². The quantitative estimate of drug-likeness (QED) is 0.854. The van der Waals surface area contributed by atoms with Crippen LogP contribution in [0.25, 0.3) is 0 Å². The van der Waals surface area contributed by atoms with Crippen molar-refractivity contribution in [3.05, 3.63) is 18.2 Å². The summed E-state index contributed by atoms with van der Waals surface area (Å²) in [6.45, 7) is 4.66. The van der Waals surface area contributed by atoms with E-state index in [0.717, 1.165) is 18.5 Å². The van der Waals surface area contributed by atoms with Crippen molar-refractivity contribution in [2.45, 2.75) is 38.3 Å². The van der Waals surface area contributed by atoms with E-state index >= 15 is 0 Å². The van der Waals surface area contributed by atoms with Gasteiger partial charge in [-0.05, 0) is 44.7 Å². The minimum absolute atomic E-state index is 0.823. The van der Waals surface area contributed by atoms with Crippen LogP contribution in [0.1, 0.15) is 31.5 Å². The van der Waals surface area contributed by atoms with Crippen molar-refractivity contribution < 1.29 is 0 Å². The normalized spacial score (nSPS) is 24.7. The first-order chi connectivity index (χ1) is 8.83. The molecule has 1 atom stereocenters. The number of imidazole rings is 1. The second-order valence-corrected chi connectivity index (χ2v) is 5.83. The lowest BCUT2D eigenvalue weighted by Crippen LogP contribution is -2.39. The molecule has 0 bridgehead atoms. The second kappa shape index (κ2) is 5.41. The lowest BCUT2D eigenvalue weighted by atomic mass is 9.99. The maximum atomic E-state index is 4.46. The summed E-state index contributed by atoms with van der Waals surface area (Å²) in [4.78, 5) is 7.12. The third kappa shape index (κ3) is 2.93. The predicted molar refractivity (Wildman–Crippen MR) is 72.2 cm³/mol. The monoisotopic (exact) mass is 248 g/mol. The van der Waals surface area contributed by atoms with E-state index in [1.54, 1.807) is 0 Å². The first-order valence-electron chi connectivity index (χ1n) is 7.24. The Bertz CT molecular complexity index is 377. The molecule has 0 radical (unpaired) electrons. The molecule has 18 heavy (non-hydrogen) atoms. The van der Waals surface area contributed by atoms with E-state index in [4.69, 9.17) is 0 Å². The molecule has 1 unspecified atom stereocenters. The van der Waals surface area contributed by atoms with Crippen LogP contribution >= 0.6 is 0 Å². The molecule has 1 aliphatic carbocycles. The highest BCUT2D eigenvalue weighted by atomic mass is 15.2. The maximum Gasteiger partial charge on any atom is 0.122 e. The van der Waals surface area contributed by atoms with Crippen molar-refractivity contribution in [2.75, 3.05) is 19.6 Å². The Morgan fingerprint density at radius 1 is 1.44 bits per heavy atom. The summed E-state index contributed by atoms with van der Waals surface area (Å²) in [5, 5.41) is 3.52. The maximum absolute atomic E-state index is 4.46. The zero-order chi connectivity index (χ0) is 12.4. The van der Waals surface area contributed by atoms with E-state index in [1.807, 2.05) is 12.4 Å². The first kappa shape index (κ1) is 12.2. The van der Waals surface area contributed by atoms with Crippen molar-refractivity contribution in [2.24, 2.45) is 13.0 Å². The molecule has 2 aliphatic rings. The number of hydrogen-bond donors (Lipinski definition) is 1. The molecule has 1 aliphatic heterocycles. The van der Waals surface area contributed by atoms with E-state index in [0.29, 0.717) is 0 Å². The lowest BCUT2D eigenvalue weighted by molar-refractivity contribution is 0.187. The summed E-state index contributed by atoms with van der Waals surface area (Å²) in [6, 6.07) is 0.823. The molecule has 4 nitrogen and oxygen atoms in total. The molecule has 2 heterocycles. The van der Waals surface area contributed by atoms with E-state index in [9.17, 15) is 0 Å². The number of piperidine rings is 1. The van der Waals surface area contributed by atoms with Crippen LogP contribution in [0.5, 0.6) is 0 Å². The largest absolute Gasteiger partial charge is 0.337 e. The molecule has 1 N–H and O–H groups in total. The minimum atomic E-state index is 0.823. The first-order valence-corrected chi connectivity index (χ1v) is 7.24. The van der Waals surface area contributed by atoms with Crippen molar-refractivity contribution >= 4 is 0 Å². The van der Waals surface area contributed by atoms with Crippen LogP contribution in [0.2, 0.25) is 0 Å². The summed E-state index contributed by atoms with van der Waals surface area (Å²) in [5.74, 6) is 2.03. The highest BCUT2D eigenvalue weighted by Crippen LogP contribution is 2.29. The molecule has 4 heteroatoms. The van der Waals surface area contributed by atoms with E-state index in [2.05, 4.69) is 26.8 Å². The van der Waals surface area contributed by atoms with Crippen LogP contribution in [-0.2, 0) is 13.6 Å². The number of rotatable bonds is 5. The Hall–Kier alpha value is -0.870. The van der Waals surface area contributed by atoms with E-state index in [1.165, 1.54) is 51.1 Å². The molecule has 0 amide bonds. The van der Waals surface area contributed by atoms with Crippen LogP contribution in [-0.4, -0.2) is 40.1 Å². The topological polar surface area (TPSA) is 33.1 Å². The number of nitrogens with one attached hydrogen (secondary N) is 1. The van der Waals surface area contributed by atoms with Gasteiger partial charge in [-0.2, -0.15) is 0 Å². The molecule has 1 aromatic rings. The van der Waals surface area contributed by atoms with E-state index in [-0.39, 0.29) is 0 Å². The summed E-state index contributed by atoms with van der Waals surface area (Å²) < 4.78 is 2.15. The van der Waals surface area contributed by atoms with Crippen molar-refractivity contribution in [3.63, 3.8) is 0 Å². The lowest BCUT2D eigenvalue weighted by Gasteiger charge is -2.30. The zero-order valence-electron chi connectivity index (χ0n) is 11.3. The van der Waals surface area contributed by atoms with Gasteiger partial charge < -0.3 is 9.88 Å². The van der Waals surface area contributed by atoms with Crippen LogP contribution < -0.4 is 5.32 Å². The van der Waals surface area contributed by atoms with Gasteiger partial charge in [-0.1, -0.05) is 0 Å². The van der Waals surface area contributed by atoms with Gasteiger partial charge in [-0.15, -0.1) is 0 Å². The number of hydrogen-bond acceptors (Lipinski definition) is 3. The Balaban J connectivity index is 1.59. The Labute approximate surface area is 109 Å². The zero-order valence-corrected chi connectivity index (χ0v) is 11.3. The Kier molecular flexibility index (Phi) is 3.66. The molecule has 1 saturated heterocycles. The summed E-state index contributed by atoms with van der Waals surface area (Å²) in [6.07, 6.45) is 9.43. The van der Waals surface area contributed by atoms with Crippen LogP contribution in [0.15, 0.2) is 12.4 Å². The molecule has 0 aromatic carbocycles. The van der Waals surface area contributed by atoms with Gasteiger partial charge in [0, 0.05) is 32.0 Å². The number of nitrogens with zero attached hydrogens (tertiary/aromatic N) is 3. The predicted octanol–water partition coefficient (Wildman–Crippen LogP) is 1.38. The van der Waals surface area contributed by atoms with Crippen molar-refractivity contribution in [3.8, 4) is 0 Å². The standard InChI is InChI=1S/C14H24N4/c1-17-8-7-16-14(17)11-18(13-4-5-13)10-12-3-2-6-15-9-12/h7-8,12-13,15H,2-6,9-11H2,1H3. The molecule has 0 spiro atoms. The van der Waals surface area contributed by atoms with Gasteiger partial charge in [0.25, 0.3) is 0 Å². The van der Waals surface area contributed by atoms with Crippen LogP contribution in [0, 0.1) is 5.92 Å². The van der Waals surface area contributed by atoms with Crippen LogP contribution in [0.3, 0.4) is 0 Å². The average Bonchev–Trinajstić information content (AvgIpc) is 3.16. The minimum Gasteiger partial charge on any atom is -0.337 e. The van der Waals surface area contributed by atoms with Crippen LogP contribution in [0.4, 0.5) is 0 Å². The third-order valence-corrected chi connectivity index (χ3v) is 4.22. The number of aryl methyl sites for hydroxylation is 1. The fourth-order valence-electron chi connectivity index (χ4n) is 2.92. The fourth-order valence-corrected chi connectivity index (χ4v) is 2.92. The third-order valence-electron chi connectivity index (χ3n) is 4.22. The average molecular weight is 248 g/mol. The molecular formula is C14H24N4. The van der Waals surface area contributed by atoms with Gasteiger partial charge in [-0.3, -0.25) is 4.90 Å². The van der Waals surface area contributed by atoms with Gasteiger partial charge in [0.2, 0.25) is 0 Å². The van der Waals surface area contributed by atoms with Gasteiger partial charge >= 0.3 is 0 Å². The van der Waals surface area contributed by atoms with Gasteiger partial charge in [0.05, 0.1) is 6.54 Å². The molecule has 2 fully saturated rings. The Morgan fingerprint density at radius 2 is 2.33 bits per heavy atom. The van der Waals surface area contributed by atoms with Gasteiger partial charge in [-0.25, -0.2) is 4.98 Å².